The Morgan fingerprint density at radius 1 is 1.16 bits per heavy atom. The molecular formula is C17H20N2. The zero-order chi connectivity index (χ0) is 13.1. The summed E-state index contributed by atoms with van der Waals surface area (Å²) < 4.78 is 0. The zero-order valence-corrected chi connectivity index (χ0v) is 11.3. The molecule has 1 fully saturated rings. The number of benzene rings is 1. The number of nitrogens with one attached hydrogen (secondary N) is 1. The predicted octanol–water partition coefficient (Wildman–Crippen LogP) is 3.43. The topological polar surface area (TPSA) is 24.9 Å². The molecule has 0 unspecified atom stereocenters. The highest BCUT2D eigenvalue weighted by Gasteiger charge is 2.29. The van der Waals surface area contributed by atoms with Gasteiger partial charge in [-0.2, -0.15) is 0 Å². The number of nitrogens with zero attached hydrogens (tertiary/aromatic N) is 1. The molecule has 0 bridgehead atoms. The van der Waals surface area contributed by atoms with Crippen LogP contribution in [0.5, 0.6) is 0 Å². The molecule has 0 amide bonds. The van der Waals surface area contributed by atoms with Crippen LogP contribution in [0, 0.1) is 6.92 Å². The van der Waals surface area contributed by atoms with Gasteiger partial charge < -0.3 is 5.32 Å². The van der Waals surface area contributed by atoms with Crippen LogP contribution in [0.25, 0.3) is 0 Å². The van der Waals surface area contributed by atoms with Crippen LogP contribution in [0.1, 0.15) is 35.6 Å². The largest absolute Gasteiger partial charge is 0.308 e. The molecular weight excluding hydrogens is 232 g/mol. The van der Waals surface area contributed by atoms with Crippen molar-refractivity contribution in [1.29, 1.82) is 0 Å². The van der Waals surface area contributed by atoms with E-state index in [2.05, 4.69) is 47.6 Å². The molecule has 1 N–H and O–H groups in total. The molecule has 1 aromatic heterocycles. The first kappa shape index (κ1) is 12.4. The third-order valence-electron chi connectivity index (χ3n) is 3.95. The highest BCUT2D eigenvalue weighted by Crippen LogP contribution is 2.37. The molecule has 3 rings (SSSR count). The normalized spacial score (nSPS) is 21.9. The highest BCUT2D eigenvalue weighted by atomic mass is 14.9. The number of aromatic nitrogens is 1. The number of rotatable bonds is 4. The molecule has 98 valence electrons. The number of hydrogen-bond acceptors (Lipinski definition) is 2. The fourth-order valence-electron chi connectivity index (χ4n) is 2.73. The smallest absolute Gasteiger partial charge is 0.0541 e. The van der Waals surface area contributed by atoms with Crippen molar-refractivity contribution in [1.82, 2.24) is 10.3 Å². The van der Waals surface area contributed by atoms with E-state index in [1.807, 2.05) is 18.3 Å². The third-order valence-corrected chi connectivity index (χ3v) is 3.95. The fraction of sp³-hybridized carbons (Fsp3) is 0.353. The summed E-state index contributed by atoms with van der Waals surface area (Å²) in [7, 11) is 0. The van der Waals surface area contributed by atoms with Crippen molar-refractivity contribution in [3.05, 3.63) is 65.5 Å². The Morgan fingerprint density at radius 2 is 2.05 bits per heavy atom. The first-order valence-electron chi connectivity index (χ1n) is 7.01. The average molecular weight is 252 g/mol. The van der Waals surface area contributed by atoms with Crippen LogP contribution in [0.15, 0.2) is 48.7 Å². The predicted molar refractivity (Wildman–Crippen MR) is 78.0 cm³/mol. The lowest BCUT2D eigenvalue weighted by atomic mass is 9.75. The van der Waals surface area contributed by atoms with Gasteiger partial charge in [-0.3, -0.25) is 4.98 Å². The molecule has 1 saturated carbocycles. The Hall–Kier alpha value is -1.67. The lowest BCUT2D eigenvalue weighted by Gasteiger charge is -2.36. The van der Waals surface area contributed by atoms with E-state index in [-0.39, 0.29) is 0 Å². The molecule has 2 heteroatoms. The van der Waals surface area contributed by atoms with Gasteiger partial charge in [-0.25, -0.2) is 0 Å². The molecule has 0 radical (unpaired) electrons. The summed E-state index contributed by atoms with van der Waals surface area (Å²) in [5.41, 5.74) is 3.99. The monoisotopic (exact) mass is 252 g/mol. The van der Waals surface area contributed by atoms with Crippen molar-refractivity contribution >= 4 is 0 Å². The lowest BCUT2D eigenvalue weighted by molar-refractivity contribution is 0.288. The highest BCUT2D eigenvalue weighted by molar-refractivity contribution is 5.27. The van der Waals surface area contributed by atoms with Gasteiger partial charge in [-0.05, 0) is 43.4 Å². The molecule has 1 aliphatic carbocycles. The van der Waals surface area contributed by atoms with Gasteiger partial charge in [0.1, 0.15) is 0 Å². The van der Waals surface area contributed by atoms with Crippen molar-refractivity contribution in [2.45, 2.75) is 38.3 Å². The molecule has 1 heterocycles. The maximum absolute atomic E-state index is 4.34. The van der Waals surface area contributed by atoms with Crippen LogP contribution >= 0.6 is 0 Å². The lowest BCUT2D eigenvalue weighted by Crippen LogP contribution is -2.39. The second kappa shape index (κ2) is 5.54. The maximum atomic E-state index is 4.34. The Balaban J connectivity index is 1.48. The van der Waals surface area contributed by atoms with Crippen molar-refractivity contribution in [2.24, 2.45) is 0 Å². The Kier molecular flexibility index (Phi) is 3.60. The van der Waals surface area contributed by atoms with Gasteiger partial charge in [0.25, 0.3) is 0 Å². The van der Waals surface area contributed by atoms with Gasteiger partial charge in [0, 0.05) is 18.8 Å². The molecule has 1 aliphatic rings. The van der Waals surface area contributed by atoms with E-state index in [1.54, 1.807) is 0 Å². The Morgan fingerprint density at radius 3 is 2.79 bits per heavy atom. The summed E-state index contributed by atoms with van der Waals surface area (Å²) in [6.45, 7) is 3.05. The fourth-order valence-corrected chi connectivity index (χ4v) is 2.73. The Bertz CT molecular complexity index is 530. The molecule has 0 atom stereocenters. The minimum atomic E-state index is 0.646. The second-order valence-electron chi connectivity index (χ2n) is 5.48. The number of hydrogen-bond donors (Lipinski definition) is 1. The second-order valence-corrected chi connectivity index (χ2v) is 5.48. The van der Waals surface area contributed by atoms with Crippen molar-refractivity contribution in [3.8, 4) is 0 Å². The van der Waals surface area contributed by atoms with Crippen LogP contribution in [-0.2, 0) is 6.54 Å². The molecule has 0 spiro atoms. The van der Waals surface area contributed by atoms with Gasteiger partial charge in [0.15, 0.2) is 0 Å². The zero-order valence-electron chi connectivity index (χ0n) is 11.3. The molecule has 1 aromatic carbocycles. The van der Waals surface area contributed by atoms with Gasteiger partial charge in [0.2, 0.25) is 0 Å². The van der Waals surface area contributed by atoms with Crippen LogP contribution in [0.2, 0.25) is 0 Å². The van der Waals surface area contributed by atoms with E-state index in [0.717, 1.165) is 18.2 Å². The summed E-state index contributed by atoms with van der Waals surface area (Å²) in [5.74, 6) is 0.737. The SMILES string of the molecule is Cc1cccc(C2CC(NCc3ccccn3)C2)c1. The van der Waals surface area contributed by atoms with Gasteiger partial charge >= 0.3 is 0 Å². The third kappa shape index (κ3) is 3.02. The first-order valence-corrected chi connectivity index (χ1v) is 7.01. The van der Waals surface area contributed by atoms with E-state index in [4.69, 9.17) is 0 Å². The summed E-state index contributed by atoms with van der Waals surface area (Å²) in [6.07, 6.45) is 4.35. The van der Waals surface area contributed by atoms with Gasteiger partial charge in [-0.1, -0.05) is 35.9 Å². The molecule has 0 aliphatic heterocycles. The summed E-state index contributed by atoms with van der Waals surface area (Å²) in [5, 5.41) is 3.59. The minimum Gasteiger partial charge on any atom is -0.308 e. The maximum Gasteiger partial charge on any atom is 0.0541 e. The number of pyridine rings is 1. The van der Waals surface area contributed by atoms with Crippen LogP contribution < -0.4 is 5.32 Å². The van der Waals surface area contributed by atoms with Crippen LogP contribution in [0.4, 0.5) is 0 Å². The standard InChI is InChI=1S/C17H20N2/c1-13-5-4-6-14(9-13)15-10-17(11-15)19-12-16-7-2-3-8-18-16/h2-9,15,17,19H,10-12H2,1H3. The van der Waals surface area contributed by atoms with E-state index in [0.29, 0.717) is 6.04 Å². The summed E-state index contributed by atoms with van der Waals surface area (Å²) >= 11 is 0. The van der Waals surface area contributed by atoms with E-state index in [1.165, 1.54) is 24.0 Å². The molecule has 0 saturated heterocycles. The van der Waals surface area contributed by atoms with Gasteiger partial charge in [0.05, 0.1) is 5.69 Å². The Labute approximate surface area is 114 Å². The minimum absolute atomic E-state index is 0.646. The summed E-state index contributed by atoms with van der Waals surface area (Å²) in [6, 6.07) is 15.6. The van der Waals surface area contributed by atoms with Crippen LogP contribution in [0.3, 0.4) is 0 Å². The van der Waals surface area contributed by atoms with Crippen LogP contribution in [-0.4, -0.2) is 11.0 Å². The first-order chi connectivity index (χ1) is 9.31. The van der Waals surface area contributed by atoms with Crippen molar-refractivity contribution < 1.29 is 0 Å². The van der Waals surface area contributed by atoms with Crippen molar-refractivity contribution in [2.75, 3.05) is 0 Å². The van der Waals surface area contributed by atoms with Crippen molar-refractivity contribution in [3.63, 3.8) is 0 Å². The molecule has 2 aromatic rings. The molecule has 19 heavy (non-hydrogen) atoms. The van der Waals surface area contributed by atoms with Gasteiger partial charge in [-0.15, -0.1) is 0 Å². The molecule has 2 nitrogen and oxygen atoms in total. The van der Waals surface area contributed by atoms with E-state index >= 15 is 0 Å². The summed E-state index contributed by atoms with van der Waals surface area (Å²) in [4.78, 5) is 4.34. The average Bonchev–Trinajstić information content (AvgIpc) is 2.38. The number of aryl methyl sites for hydroxylation is 1. The van der Waals surface area contributed by atoms with E-state index in [9.17, 15) is 0 Å². The quantitative estimate of drug-likeness (QED) is 0.901. The van der Waals surface area contributed by atoms with E-state index < -0.39 is 0 Å².